The Hall–Kier alpha value is -1.39. The van der Waals surface area contributed by atoms with Gasteiger partial charge in [-0.1, -0.05) is 31.5 Å². The Bertz CT molecular complexity index is 680. The Labute approximate surface area is 150 Å². The van der Waals surface area contributed by atoms with E-state index in [1.807, 2.05) is 19.9 Å². The third-order valence-electron chi connectivity index (χ3n) is 6.93. The summed E-state index contributed by atoms with van der Waals surface area (Å²) in [7, 11) is 1.50. The molecule has 1 N–H and O–H groups in total. The van der Waals surface area contributed by atoms with E-state index in [4.69, 9.17) is 4.74 Å². The van der Waals surface area contributed by atoms with Crippen LogP contribution in [0.5, 0.6) is 0 Å². The van der Waals surface area contributed by atoms with E-state index >= 15 is 0 Å². The number of methoxy groups -OCH3 is 1. The van der Waals surface area contributed by atoms with Gasteiger partial charge in [0.2, 0.25) is 0 Å². The molecule has 0 aromatic heterocycles. The Morgan fingerprint density at radius 2 is 2.00 bits per heavy atom. The van der Waals surface area contributed by atoms with Gasteiger partial charge in [-0.3, -0.25) is 10.1 Å². The van der Waals surface area contributed by atoms with Crippen molar-refractivity contribution in [2.45, 2.75) is 70.8 Å². The molecule has 0 unspecified atom stereocenters. The third-order valence-corrected chi connectivity index (χ3v) is 6.93. The molecule has 0 saturated heterocycles. The van der Waals surface area contributed by atoms with Crippen molar-refractivity contribution in [3.05, 3.63) is 34.9 Å². The minimum absolute atomic E-state index is 0.0164. The summed E-state index contributed by atoms with van der Waals surface area (Å²) in [5.41, 5.74) is 2.48. The van der Waals surface area contributed by atoms with Crippen molar-refractivity contribution in [1.82, 2.24) is 0 Å². The summed E-state index contributed by atoms with van der Waals surface area (Å²) in [5, 5.41) is 9.20. The smallest absolute Gasteiger partial charge is 0.311 e. The van der Waals surface area contributed by atoms with Gasteiger partial charge in [0.1, 0.15) is 5.60 Å². The molecular formula is C21H30O4. The van der Waals surface area contributed by atoms with Crippen molar-refractivity contribution in [3.8, 4) is 0 Å². The van der Waals surface area contributed by atoms with Crippen molar-refractivity contribution in [3.63, 3.8) is 0 Å². The molecule has 2 aliphatic rings. The van der Waals surface area contributed by atoms with Crippen LogP contribution in [0.3, 0.4) is 0 Å². The molecule has 1 aromatic carbocycles. The Morgan fingerprint density at radius 1 is 1.28 bits per heavy atom. The van der Waals surface area contributed by atoms with Crippen LogP contribution in [-0.4, -0.2) is 18.3 Å². The number of rotatable bonds is 3. The zero-order valence-corrected chi connectivity index (χ0v) is 16.0. The minimum atomic E-state index is -0.722. The largest absolute Gasteiger partial charge is 0.469 e. The van der Waals surface area contributed by atoms with Gasteiger partial charge in [-0.2, -0.15) is 0 Å². The quantitative estimate of drug-likeness (QED) is 0.494. The first kappa shape index (κ1) is 18.4. The molecule has 4 heteroatoms. The lowest BCUT2D eigenvalue weighted by Crippen LogP contribution is -2.52. The topological polar surface area (TPSA) is 55.8 Å². The fourth-order valence-corrected chi connectivity index (χ4v) is 5.40. The van der Waals surface area contributed by atoms with Gasteiger partial charge in [0.15, 0.2) is 0 Å². The average Bonchev–Trinajstić information content (AvgIpc) is 2.60. The fourth-order valence-electron chi connectivity index (χ4n) is 5.40. The summed E-state index contributed by atoms with van der Waals surface area (Å²) < 4.78 is 5.17. The Kier molecular flexibility index (Phi) is 4.49. The van der Waals surface area contributed by atoms with Gasteiger partial charge < -0.3 is 4.74 Å². The molecule has 4 nitrogen and oxygen atoms in total. The normalized spacial score (nSPS) is 31.8. The number of ether oxygens (including phenoxy) is 1. The number of fused-ring (bicyclic) bond motifs is 3. The Balaban J connectivity index is 2.05. The maximum Gasteiger partial charge on any atom is 0.311 e. The number of benzene rings is 1. The number of carbonyl (C=O) groups excluding carboxylic acids is 1. The maximum atomic E-state index is 12.6. The molecule has 0 aliphatic heterocycles. The minimum Gasteiger partial charge on any atom is -0.469 e. The number of hydrogen-bond donors (Lipinski definition) is 1. The second-order valence-corrected chi connectivity index (χ2v) is 8.74. The molecule has 3 atom stereocenters. The summed E-state index contributed by atoms with van der Waals surface area (Å²) >= 11 is 0. The van der Waals surface area contributed by atoms with Gasteiger partial charge >= 0.3 is 5.97 Å². The number of hydrogen-bond acceptors (Lipinski definition) is 4. The predicted octanol–water partition coefficient (Wildman–Crippen LogP) is 4.59. The lowest BCUT2D eigenvalue weighted by molar-refractivity contribution is -0.318. The summed E-state index contributed by atoms with van der Waals surface area (Å²) in [4.78, 5) is 17.2. The molecule has 0 amide bonds. The summed E-state index contributed by atoms with van der Waals surface area (Å²) in [6, 6.07) is 6.39. The molecule has 1 saturated carbocycles. The molecule has 1 aromatic rings. The van der Waals surface area contributed by atoms with Crippen LogP contribution in [0.15, 0.2) is 18.2 Å². The molecule has 2 aliphatic carbocycles. The summed E-state index contributed by atoms with van der Waals surface area (Å²) in [6.45, 7) is 8.11. The van der Waals surface area contributed by atoms with Gasteiger partial charge in [0.05, 0.1) is 12.5 Å². The number of carbonyl (C=O) groups is 1. The number of aryl methyl sites for hydroxylation is 1. The zero-order valence-electron chi connectivity index (χ0n) is 16.0. The second kappa shape index (κ2) is 6.10. The molecule has 0 bridgehead atoms. The van der Waals surface area contributed by atoms with E-state index in [2.05, 4.69) is 30.9 Å². The molecule has 1 fully saturated rings. The molecule has 0 heterocycles. The highest BCUT2D eigenvalue weighted by atomic mass is 17.1. The maximum absolute atomic E-state index is 12.6. The second-order valence-electron chi connectivity index (χ2n) is 8.74. The zero-order chi connectivity index (χ0) is 18.5. The van der Waals surface area contributed by atoms with E-state index in [-0.39, 0.29) is 11.4 Å². The first-order valence-electron chi connectivity index (χ1n) is 9.24. The molecule has 3 rings (SSSR count). The first-order chi connectivity index (χ1) is 11.7. The van der Waals surface area contributed by atoms with Crippen LogP contribution in [0, 0.1) is 11.3 Å². The lowest BCUT2D eigenvalue weighted by atomic mass is 9.49. The number of esters is 1. The lowest BCUT2D eigenvalue weighted by Gasteiger charge is -2.54. The summed E-state index contributed by atoms with van der Waals surface area (Å²) in [5.74, 6) is 0.222. The molecule has 0 radical (unpaired) electrons. The summed E-state index contributed by atoms with van der Waals surface area (Å²) in [6.07, 6.45) is 4.96. The first-order valence-corrected chi connectivity index (χ1v) is 9.24. The van der Waals surface area contributed by atoms with E-state index in [0.29, 0.717) is 5.92 Å². The molecule has 25 heavy (non-hydrogen) atoms. The van der Waals surface area contributed by atoms with Crippen LogP contribution in [0.2, 0.25) is 0 Å². The van der Waals surface area contributed by atoms with E-state index in [0.717, 1.165) is 37.7 Å². The van der Waals surface area contributed by atoms with Crippen molar-refractivity contribution < 1.29 is 19.7 Å². The van der Waals surface area contributed by atoms with Crippen LogP contribution >= 0.6 is 0 Å². The van der Waals surface area contributed by atoms with Crippen LogP contribution < -0.4 is 0 Å². The van der Waals surface area contributed by atoms with Gasteiger partial charge in [-0.25, -0.2) is 4.89 Å². The highest BCUT2D eigenvalue weighted by Crippen LogP contribution is 2.57. The van der Waals surface area contributed by atoms with Crippen LogP contribution in [0.1, 0.15) is 70.1 Å². The average molecular weight is 346 g/mol. The fraction of sp³-hybridized carbons (Fsp3) is 0.667. The van der Waals surface area contributed by atoms with Crippen molar-refractivity contribution in [2.75, 3.05) is 7.11 Å². The van der Waals surface area contributed by atoms with Crippen molar-refractivity contribution in [1.29, 1.82) is 0 Å². The van der Waals surface area contributed by atoms with E-state index in [9.17, 15) is 10.1 Å². The van der Waals surface area contributed by atoms with Gasteiger partial charge in [0, 0.05) is 0 Å². The van der Waals surface area contributed by atoms with E-state index in [1.54, 1.807) is 0 Å². The van der Waals surface area contributed by atoms with Crippen LogP contribution in [-0.2, 0) is 31.9 Å². The van der Waals surface area contributed by atoms with Gasteiger partial charge in [-0.05, 0) is 74.5 Å². The highest BCUT2D eigenvalue weighted by molar-refractivity contribution is 5.77. The SMILES string of the molecule is COC(=O)[C@]1(C)CCC[C@]2(C)c3ccc(C(C)(C)OO)cc3CC[C@@H]12. The molecular weight excluding hydrogens is 316 g/mol. The van der Waals surface area contributed by atoms with Crippen LogP contribution in [0.4, 0.5) is 0 Å². The van der Waals surface area contributed by atoms with Gasteiger partial charge in [0.25, 0.3) is 0 Å². The molecule has 0 spiro atoms. The third kappa shape index (κ3) is 2.70. The highest BCUT2D eigenvalue weighted by Gasteiger charge is 2.55. The van der Waals surface area contributed by atoms with Crippen molar-refractivity contribution >= 4 is 5.97 Å². The predicted molar refractivity (Wildman–Crippen MR) is 96.3 cm³/mol. The molecule has 138 valence electrons. The van der Waals surface area contributed by atoms with E-state index in [1.165, 1.54) is 18.2 Å². The van der Waals surface area contributed by atoms with Crippen LogP contribution in [0.25, 0.3) is 0 Å². The standard InChI is InChI=1S/C21H30O4/c1-19(2,25-23)15-8-9-16-14(13-15)7-10-17-20(16,3)11-6-12-21(17,4)18(22)24-5/h8-9,13,17,23H,6-7,10-12H2,1-5H3/t17-,20-,21-/m1/s1. The van der Waals surface area contributed by atoms with Gasteiger partial charge in [-0.15, -0.1) is 0 Å². The van der Waals surface area contributed by atoms with E-state index < -0.39 is 11.0 Å². The monoisotopic (exact) mass is 346 g/mol. The Morgan fingerprint density at radius 3 is 2.64 bits per heavy atom. The van der Waals surface area contributed by atoms with Crippen molar-refractivity contribution in [2.24, 2.45) is 11.3 Å².